The monoisotopic (exact) mass is 219 g/mol. The minimum atomic E-state index is -0.879. The summed E-state index contributed by atoms with van der Waals surface area (Å²) in [6, 6.07) is -0.879. The van der Waals surface area contributed by atoms with Crippen LogP contribution in [-0.2, 0) is 0 Å². The molecular weight excluding hydrogens is 194 g/mol. The van der Waals surface area contributed by atoms with Crippen molar-refractivity contribution in [1.29, 1.82) is 0 Å². The molecule has 0 aromatic heterocycles. The van der Waals surface area contributed by atoms with Crippen molar-refractivity contribution in [3.63, 3.8) is 0 Å². The molecule has 0 aromatic rings. The average molecular weight is 219 g/mol. The zero-order chi connectivity index (χ0) is 12.6. The Labute approximate surface area is 93.8 Å². The third kappa shape index (κ3) is 8.80. The highest BCUT2D eigenvalue weighted by molar-refractivity contribution is 5.99. The van der Waals surface area contributed by atoms with E-state index in [4.69, 9.17) is 11.5 Å². The van der Waals surface area contributed by atoms with E-state index in [0.29, 0.717) is 0 Å². The van der Waals surface area contributed by atoms with Crippen LogP contribution in [-0.4, -0.2) is 17.0 Å². The van der Waals surface area contributed by atoms with Gasteiger partial charge in [-0.3, -0.25) is 0 Å². The second-order valence-corrected chi connectivity index (χ2v) is 3.65. The first-order valence-electron chi connectivity index (χ1n) is 4.78. The summed E-state index contributed by atoms with van der Waals surface area (Å²) in [6.45, 7) is 9.41. The molecule has 0 radical (unpaired) electrons. The summed E-state index contributed by atoms with van der Waals surface area (Å²) in [4.78, 5) is 13.5. The summed E-state index contributed by atoms with van der Waals surface area (Å²) in [5.41, 5.74) is 9.63. The Bertz CT molecular complexity index is 271. The number of allylic oxidation sites excluding steroid dienone is 1. The maximum atomic E-state index is 10.3. The van der Waals surface area contributed by atoms with E-state index in [0.717, 1.165) is 0 Å². The van der Waals surface area contributed by atoms with Crippen molar-refractivity contribution in [2.75, 3.05) is 0 Å². The second kappa shape index (κ2) is 6.86. The Morgan fingerprint density at radius 1 is 1.33 bits per heavy atom. The number of hydrogen-bond donors (Lipinski definition) is 3. The lowest BCUT2D eigenvalue weighted by Crippen LogP contribution is -2.18. The predicted octanol–water partition coefficient (Wildman–Crippen LogP) is 2.43. The minimum Gasteiger partial charge on any atom is -0.512 e. The maximum Gasteiger partial charge on any atom is 0.340 e. The fourth-order valence-corrected chi connectivity index (χ4v) is 0.516. The van der Waals surface area contributed by atoms with E-state index in [1.54, 1.807) is 20.8 Å². The van der Waals surface area contributed by atoms with Gasteiger partial charge in [-0.1, -0.05) is 34.6 Å². The third-order valence-electron chi connectivity index (χ3n) is 1.29. The average Bonchev–Trinajstić information content (AvgIpc) is 2.04. The lowest BCUT2D eigenvalue weighted by molar-refractivity contribution is 0.256. The van der Waals surface area contributed by atoms with Crippen LogP contribution in [0.4, 0.5) is 4.79 Å². The fraction of sp³-hybridized carbons (Fsp3) is 0.600. The van der Waals surface area contributed by atoms with Crippen LogP contribution >= 0.6 is 0 Å². The lowest BCUT2D eigenvalue weighted by atomic mass is 9.93. The van der Waals surface area contributed by atoms with Crippen molar-refractivity contribution in [2.24, 2.45) is 21.9 Å². The summed E-state index contributed by atoms with van der Waals surface area (Å²) in [6.07, 6.45) is 1.21. The maximum absolute atomic E-state index is 10.3. The van der Waals surface area contributed by atoms with Gasteiger partial charge in [0.2, 0.25) is 0 Å². The van der Waals surface area contributed by atoms with Gasteiger partial charge in [0, 0.05) is 14.3 Å². The second-order valence-electron chi connectivity index (χ2n) is 3.65. The molecule has 0 aliphatic heterocycles. The molecule has 0 aliphatic carbocycles. The molecule has 15 heavy (non-hydrogen) atoms. The zero-order valence-corrected chi connectivity index (χ0v) is 10.0. The van der Waals surface area contributed by atoms with Gasteiger partial charge >= 0.3 is 6.03 Å². The van der Waals surface area contributed by atoms with E-state index in [9.17, 15) is 9.90 Å². The smallest absolute Gasteiger partial charge is 0.340 e. The summed E-state index contributed by atoms with van der Waals surface area (Å²) in [5.74, 6) is -0.0464. The molecule has 0 aliphatic rings. The third-order valence-corrected chi connectivity index (χ3v) is 1.29. The largest absolute Gasteiger partial charge is 0.512 e. The molecule has 2 amide bonds. The first-order valence-corrected chi connectivity index (χ1v) is 4.78. The number of carbonyl (C=O) groups excluding carboxylic acids is 1. The number of amides is 2. The van der Waals surface area contributed by atoms with E-state index >= 15 is 0 Å². The van der Waals surface area contributed by atoms with Crippen LogP contribution < -0.4 is 11.5 Å². The minimum absolute atomic E-state index is 0. The van der Waals surface area contributed by atoms with Crippen molar-refractivity contribution in [1.82, 2.24) is 0 Å². The van der Waals surface area contributed by atoms with Gasteiger partial charge in [-0.2, -0.15) is 4.99 Å². The zero-order valence-electron chi connectivity index (χ0n) is 10.0. The number of rotatable bonds is 1. The highest BCUT2D eigenvalue weighted by atomic mass is 16.3. The van der Waals surface area contributed by atoms with Crippen LogP contribution in [0.1, 0.15) is 37.5 Å². The molecule has 0 fully saturated rings. The van der Waals surface area contributed by atoms with E-state index in [2.05, 4.69) is 4.99 Å². The molecule has 0 spiro atoms. The molecule has 92 valence electrons. The topological polar surface area (TPSA) is 102 Å². The molecular formula is C10H25N3O2. The van der Waals surface area contributed by atoms with Crippen LogP contribution in [0.15, 0.2) is 16.8 Å². The van der Waals surface area contributed by atoms with Gasteiger partial charge in [-0.15, -0.1) is 0 Å². The molecule has 0 rings (SSSR count). The number of nitrogens with two attached hydrogens (primary N) is 2. The molecule has 5 heteroatoms. The first kappa shape index (κ1) is 15.9. The highest BCUT2D eigenvalue weighted by Crippen LogP contribution is 2.21. The molecule has 0 unspecified atom stereocenters. The van der Waals surface area contributed by atoms with E-state index in [-0.39, 0.29) is 14.4 Å². The van der Waals surface area contributed by atoms with Crippen LogP contribution in [0.3, 0.4) is 0 Å². The van der Waals surface area contributed by atoms with Gasteiger partial charge in [0.05, 0.1) is 0 Å². The predicted molar refractivity (Wildman–Crippen MR) is 66.9 cm³/mol. The Morgan fingerprint density at radius 2 is 1.73 bits per heavy atom. The Balaban J connectivity index is -0.000000199. The number of primary amides is 1. The van der Waals surface area contributed by atoms with Crippen LogP contribution in [0, 0.1) is 5.41 Å². The molecule has 0 saturated carbocycles. The van der Waals surface area contributed by atoms with Crippen molar-refractivity contribution in [3.8, 4) is 0 Å². The van der Waals surface area contributed by atoms with Crippen LogP contribution in [0.5, 0.6) is 0 Å². The normalized spacial score (nSPS) is 12.9. The van der Waals surface area contributed by atoms with Gasteiger partial charge < -0.3 is 16.6 Å². The number of nitrogens with zero attached hydrogens (tertiary/aromatic N) is 1. The number of aliphatic imine (C=N–C) groups is 1. The van der Waals surface area contributed by atoms with E-state index < -0.39 is 11.4 Å². The summed E-state index contributed by atoms with van der Waals surface area (Å²) in [5, 5.41) is 9.42. The number of hydrogen-bond acceptors (Lipinski definition) is 2. The van der Waals surface area contributed by atoms with Gasteiger partial charge in [-0.05, 0) is 0 Å². The fourth-order valence-electron chi connectivity index (χ4n) is 0.516. The Kier molecular flexibility index (Phi) is 7.29. The molecule has 5 N–H and O–H groups in total. The molecule has 0 bridgehead atoms. The van der Waals surface area contributed by atoms with Crippen LogP contribution in [0.2, 0.25) is 0 Å². The molecule has 0 saturated heterocycles. The number of carbonyl (C=O) groups is 1. The summed E-state index contributed by atoms with van der Waals surface area (Å²) >= 11 is 0. The van der Waals surface area contributed by atoms with Crippen molar-refractivity contribution in [2.45, 2.75) is 34.6 Å². The van der Waals surface area contributed by atoms with Crippen molar-refractivity contribution in [3.05, 3.63) is 11.8 Å². The Hall–Kier alpha value is -1.52. The van der Waals surface area contributed by atoms with Gasteiger partial charge in [0.1, 0.15) is 11.6 Å². The Morgan fingerprint density at radius 3 is 2.00 bits per heavy atom. The number of amidine groups is 1. The van der Waals surface area contributed by atoms with Crippen LogP contribution in [0.25, 0.3) is 0 Å². The quantitative estimate of drug-likeness (QED) is 0.358. The molecule has 0 heterocycles. The molecule has 0 aromatic carbocycles. The van der Waals surface area contributed by atoms with E-state index in [1.807, 2.05) is 13.8 Å². The summed E-state index contributed by atoms with van der Waals surface area (Å²) < 4.78 is 0. The molecule has 0 atom stereocenters. The standard InChI is InChI=1S/C8H15N3O2.C2H6.2H2/c1-8(2,3)5(12)4-6(9)11-7(10)13;1-2;;/h4,12H,1-3H3,(H4,9,10,11,13);1-2H3;2*1H/b5-4-;;;. The first-order chi connectivity index (χ1) is 6.73. The van der Waals surface area contributed by atoms with Crippen molar-refractivity contribution >= 4 is 11.9 Å². The number of aliphatic hydroxyl groups excluding tert-OH is 1. The lowest BCUT2D eigenvalue weighted by Gasteiger charge is -2.16. The number of aliphatic hydroxyl groups is 1. The highest BCUT2D eigenvalue weighted by Gasteiger charge is 2.15. The van der Waals surface area contributed by atoms with E-state index in [1.165, 1.54) is 6.08 Å². The molecule has 5 nitrogen and oxygen atoms in total. The van der Waals surface area contributed by atoms with Crippen molar-refractivity contribution < 1.29 is 12.8 Å². The van der Waals surface area contributed by atoms with Gasteiger partial charge in [0.15, 0.2) is 0 Å². The number of urea groups is 1. The van der Waals surface area contributed by atoms with Gasteiger partial charge in [0.25, 0.3) is 0 Å². The SMILES string of the molecule is CC.CC(C)(C)/C(O)=C/C(N)=N\C(N)=O.[HH].[HH]. The summed E-state index contributed by atoms with van der Waals surface area (Å²) in [7, 11) is 0. The van der Waals surface area contributed by atoms with Gasteiger partial charge in [-0.25, -0.2) is 4.79 Å².